The first kappa shape index (κ1) is 28.3. The minimum atomic E-state index is -1.12. The van der Waals surface area contributed by atoms with E-state index in [1.807, 2.05) is 68.4 Å². The number of aliphatic hydroxyl groups excluding tert-OH is 1. The zero-order valence-corrected chi connectivity index (χ0v) is 24.0. The van der Waals surface area contributed by atoms with Crippen molar-refractivity contribution in [3.63, 3.8) is 0 Å². The molecule has 11 nitrogen and oxygen atoms in total. The molecule has 42 heavy (non-hydrogen) atoms. The lowest BCUT2D eigenvalue weighted by molar-refractivity contribution is -0.146. The lowest BCUT2D eigenvalue weighted by Gasteiger charge is -2.36. The largest absolute Gasteiger partial charge is 0.396 e. The van der Waals surface area contributed by atoms with E-state index in [2.05, 4.69) is 20.9 Å². The summed E-state index contributed by atoms with van der Waals surface area (Å²) in [7, 11) is 0. The molecular formula is C31H38N6O5. The SMILES string of the molecule is CC1CC23O[C@@]1(C)[C@H](C(=O)Nc1ccccc1)[C@H]2C(=O)N(CCCCCCO)C3C(=O)NCn1nnc2ccccc21. The third kappa shape index (κ3) is 4.55. The van der Waals surface area contributed by atoms with Gasteiger partial charge in [-0.1, -0.05) is 55.3 Å². The van der Waals surface area contributed by atoms with Gasteiger partial charge in [-0.3, -0.25) is 14.4 Å². The summed E-state index contributed by atoms with van der Waals surface area (Å²) in [5, 5.41) is 23.5. The number of nitrogens with zero attached hydrogens (tertiary/aromatic N) is 4. The van der Waals surface area contributed by atoms with Gasteiger partial charge in [0.1, 0.15) is 23.8 Å². The molecule has 3 aliphatic heterocycles. The zero-order chi connectivity index (χ0) is 29.5. The molecule has 3 amide bonds. The molecule has 2 bridgehead atoms. The normalized spacial score (nSPS) is 29.7. The van der Waals surface area contributed by atoms with Crippen molar-refractivity contribution in [2.45, 2.75) is 69.9 Å². The third-order valence-electron chi connectivity index (χ3n) is 9.52. The number of aliphatic hydroxyl groups is 1. The number of amides is 3. The van der Waals surface area contributed by atoms with Crippen LogP contribution in [0.2, 0.25) is 0 Å². The van der Waals surface area contributed by atoms with E-state index >= 15 is 0 Å². The Morgan fingerprint density at radius 1 is 1.05 bits per heavy atom. The molecule has 11 heteroatoms. The molecule has 3 fully saturated rings. The highest BCUT2D eigenvalue weighted by atomic mass is 16.5. The van der Waals surface area contributed by atoms with Crippen LogP contribution in [0.25, 0.3) is 11.0 Å². The number of unbranched alkanes of at least 4 members (excludes halogenated alkanes) is 3. The molecule has 3 N–H and O–H groups in total. The smallest absolute Gasteiger partial charge is 0.247 e. The molecule has 0 aliphatic carbocycles. The van der Waals surface area contributed by atoms with Gasteiger partial charge in [0.05, 0.1) is 23.0 Å². The van der Waals surface area contributed by atoms with Crippen LogP contribution < -0.4 is 10.6 Å². The summed E-state index contributed by atoms with van der Waals surface area (Å²) in [5.41, 5.74) is 0.138. The zero-order valence-electron chi connectivity index (χ0n) is 24.0. The van der Waals surface area contributed by atoms with Crippen molar-refractivity contribution in [3.8, 4) is 0 Å². The first-order valence-corrected chi connectivity index (χ1v) is 14.8. The highest BCUT2D eigenvalue weighted by Crippen LogP contribution is 2.65. The number of ether oxygens (including phenoxy) is 1. The van der Waals surface area contributed by atoms with E-state index in [0.29, 0.717) is 31.5 Å². The highest BCUT2D eigenvalue weighted by molar-refractivity contribution is 6.02. The van der Waals surface area contributed by atoms with Crippen molar-refractivity contribution in [2.24, 2.45) is 17.8 Å². The molecule has 6 rings (SSSR count). The lowest BCUT2D eigenvalue weighted by Crippen LogP contribution is -2.56. The maximum atomic E-state index is 14.2. The minimum absolute atomic E-state index is 0.0489. The average molecular weight is 575 g/mol. The van der Waals surface area contributed by atoms with Gasteiger partial charge >= 0.3 is 0 Å². The predicted octanol–water partition coefficient (Wildman–Crippen LogP) is 2.71. The Balaban J connectivity index is 1.30. The van der Waals surface area contributed by atoms with Crippen molar-refractivity contribution in [1.82, 2.24) is 25.2 Å². The maximum absolute atomic E-state index is 14.2. The van der Waals surface area contributed by atoms with Crippen molar-refractivity contribution in [3.05, 3.63) is 54.6 Å². The van der Waals surface area contributed by atoms with Crippen LogP contribution >= 0.6 is 0 Å². The van der Waals surface area contributed by atoms with Crippen LogP contribution in [0, 0.1) is 17.8 Å². The van der Waals surface area contributed by atoms with Gasteiger partial charge in [-0.05, 0) is 56.4 Å². The molecule has 0 radical (unpaired) electrons. The van der Waals surface area contributed by atoms with Crippen molar-refractivity contribution in [1.29, 1.82) is 0 Å². The Bertz CT molecular complexity index is 1480. The van der Waals surface area contributed by atoms with E-state index < -0.39 is 29.1 Å². The van der Waals surface area contributed by atoms with Crippen LogP contribution in [0.4, 0.5) is 5.69 Å². The first-order chi connectivity index (χ1) is 20.3. The van der Waals surface area contributed by atoms with Crippen LogP contribution in [-0.2, 0) is 25.8 Å². The maximum Gasteiger partial charge on any atom is 0.247 e. The van der Waals surface area contributed by atoms with Gasteiger partial charge in [0, 0.05) is 18.8 Å². The molecule has 2 aromatic carbocycles. The van der Waals surface area contributed by atoms with E-state index in [1.165, 1.54) is 0 Å². The van der Waals surface area contributed by atoms with Crippen molar-refractivity contribution >= 4 is 34.4 Å². The summed E-state index contributed by atoms with van der Waals surface area (Å²) < 4.78 is 8.41. The Hall–Kier alpha value is -3.83. The second-order valence-electron chi connectivity index (χ2n) is 12.0. The summed E-state index contributed by atoms with van der Waals surface area (Å²) >= 11 is 0. The highest BCUT2D eigenvalue weighted by Gasteiger charge is 2.79. The Morgan fingerprint density at radius 2 is 1.79 bits per heavy atom. The molecule has 0 saturated carbocycles. The molecular weight excluding hydrogens is 536 g/mol. The molecule has 1 spiro atoms. The number of anilines is 1. The monoisotopic (exact) mass is 574 g/mol. The van der Waals surface area contributed by atoms with Crippen molar-refractivity contribution in [2.75, 3.05) is 18.5 Å². The van der Waals surface area contributed by atoms with Crippen LogP contribution in [-0.4, -0.2) is 73.1 Å². The fourth-order valence-corrected chi connectivity index (χ4v) is 7.45. The van der Waals surface area contributed by atoms with Gasteiger partial charge in [0.15, 0.2) is 0 Å². The fraction of sp³-hybridized carbons (Fsp3) is 0.516. The van der Waals surface area contributed by atoms with Gasteiger partial charge in [0.25, 0.3) is 0 Å². The van der Waals surface area contributed by atoms with Gasteiger partial charge in [0.2, 0.25) is 17.7 Å². The number of hydrogen-bond acceptors (Lipinski definition) is 7. The van der Waals surface area contributed by atoms with Gasteiger partial charge in [-0.15, -0.1) is 5.10 Å². The summed E-state index contributed by atoms with van der Waals surface area (Å²) in [6.07, 6.45) is 3.52. The molecule has 3 aromatic rings. The minimum Gasteiger partial charge on any atom is -0.396 e. The molecule has 3 saturated heterocycles. The predicted molar refractivity (Wildman–Crippen MR) is 155 cm³/mol. The summed E-state index contributed by atoms with van der Waals surface area (Å²) in [5.74, 6) is -2.39. The van der Waals surface area contributed by atoms with Crippen LogP contribution in [0.5, 0.6) is 0 Å². The fourth-order valence-electron chi connectivity index (χ4n) is 7.45. The second-order valence-corrected chi connectivity index (χ2v) is 12.0. The molecule has 4 heterocycles. The van der Waals surface area contributed by atoms with E-state index in [4.69, 9.17) is 9.84 Å². The summed E-state index contributed by atoms with van der Waals surface area (Å²) in [6.45, 7) is 4.52. The number of hydrogen-bond donors (Lipinski definition) is 3. The summed E-state index contributed by atoms with van der Waals surface area (Å²) in [6, 6.07) is 15.8. The number of carbonyl (C=O) groups is 3. The Kier molecular flexibility index (Phi) is 7.48. The van der Waals surface area contributed by atoms with Crippen LogP contribution in [0.3, 0.4) is 0 Å². The van der Waals surface area contributed by atoms with E-state index in [9.17, 15) is 14.4 Å². The number of fused-ring (bicyclic) bond motifs is 2. The van der Waals surface area contributed by atoms with Crippen molar-refractivity contribution < 1.29 is 24.2 Å². The van der Waals surface area contributed by atoms with E-state index in [0.717, 1.165) is 23.9 Å². The molecule has 6 atom stereocenters. The quantitative estimate of drug-likeness (QED) is 0.299. The van der Waals surface area contributed by atoms with Crippen LogP contribution in [0.1, 0.15) is 46.0 Å². The standard InChI is InChI=1S/C31H38N6O5/c1-20-18-31-25(24(30(20,2)42-31)27(39)33-21-12-6-5-7-13-21)29(41)36(16-10-3-4-11-17-38)26(31)28(40)32-19-37-23-15-9-8-14-22(23)34-35-37/h5-9,12-15,20,24-26,38H,3-4,10-11,16-19H2,1-2H3,(H,32,40)(H,33,39)/t20?,24-,25-,26?,30+,31?/m0/s1. The number of benzene rings is 2. The number of para-hydroxylation sites is 2. The molecule has 3 unspecified atom stereocenters. The second kappa shape index (κ2) is 11.1. The van der Waals surface area contributed by atoms with Crippen LogP contribution in [0.15, 0.2) is 54.6 Å². The number of rotatable bonds is 11. The van der Waals surface area contributed by atoms with E-state index in [1.54, 1.807) is 9.58 Å². The van der Waals surface area contributed by atoms with E-state index in [-0.39, 0.29) is 36.9 Å². The van der Waals surface area contributed by atoms with Gasteiger partial charge in [-0.25, -0.2) is 4.68 Å². The molecule has 1 aromatic heterocycles. The summed E-state index contributed by atoms with van der Waals surface area (Å²) in [4.78, 5) is 43.8. The first-order valence-electron chi connectivity index (χ1n) is 14.8. The average Bonchev–Trinajstić information content (AvgIpc) is 3.65. The molecule has 222 valence electrons. The topological polar surface area (TPSA) is 139 Å². The van der Waals surface area contributed by atoms with Gasteiger partial charge in [-0.2, -0.15) is 0 Å². The number of nitrogens with one attached hydrogen (secondary N) is 2. The Morgan fingerprint density at radius 3 is 2.57 bits per heavy atom. The lowest BCUT2D eigenvalue weighted by atomic mass is 9.62. The number of carbonyl (C=O) groups excluding carboxylic acids is 3. The molecule has 3 aliphatic rings. The Labute approximate surface area is 244 Å². The van der Waals surface area contributed by atoms with Gasteiger partial charge < -0.3 is 25.4 Å². The number of aromatic nitrogens is 3. The number of likely N-dealkylation sites (tertiary alicyclic amines) is 1. The third-order valence-corrected chi connectivity index (χ3v) is 9.52.